The van der Waals surface area contributed by atoms with E-state index in [-0.39, 0.29) is 5.91 Å². The summed E-state index contributed by atoms with van der Waals surface area (Å²) in [5.41, 5.74) is 3.46. The Hall–Kier alpha value is -3.85. The molecule has 0 saturated carbocycles. The predicted molar refractivity (Wildman–Crippen MR) is 119 cm³/mol. The van der Waals surface area contributed by atoms with Crippen molar-refractivity contribution in [1.82, 2.24) is 5.32 Å². The second-order valence-corrected chi connectivity index (χ2v) is 7.07. The number of benzene rings is 4. The summed E-state index contributed by atoms with van der Waals surface area (Å²) in [7, 11) is 1.64. The van der Waals surface area contributed by atoms with Crippen LogP contribution < -0.4 is 10.1 Å². The number of hydrogen-bond donors (Lipinski definition) is 1. The molecule has 1 N–H and O–H groups in total. The third-order valence-electron chi connectivity index (χ3n) is 5.32. The molecule has 4 aromatic rings. The Labute approximate surface area is 168 Å². The van der Waals surface area contributed by atoms with E-state index < -0.39 is 0 Å². The second kappa shape index (κ2) is 6.95. The standard InChI is InChI=1S/C26H19NO2/c1-29-21-12-10-17(11-13-21)25-16-20(26(28)27-25)15-24-22-8-4-2-6-18(22)14-19-7-3-5-9-23(19)24/h2-16H,1H3,(H,27,28)/b20-15+. The van der Waals surface area contributed by atoms with E-state index >= 15 is 0 Å². The van der Waals surface area contributed by atoms with E-state index in [1.54, 1.807) is 7.11 Å². The molecule has 1 aliphatic heterocycles. The number of nitrogens with one attached hydrogen (secondary N) is 1. The van der Waals surface area contributed by atoms with Crippen molar-refractivity contribution in [2.75, 3.05) is 7.11 Å². The minimum absolute atomic E-state index is 0.0900. The number of carbonyl (C=O) groups is 1. The van der Waals surface area contributed by atoms with Gasteiger partial charge in [0.15, 0.2) is 0 Å². The Morgan fingerprint density at radius 3 is 2.07 bits per heavy atom. The molecule has 1 heterocycles. The van der Waals surface area contributed by atoms with E-state index in [4.69, 9.17) is 4.74 Å². The summed E-state index contributed by atoms with van der Waals surface area (Å²) < 4.78 is 5.22. The Morgan fingerprint density at radius 2 is 1.45 bits per heavy atom. The Balaban J connectivity index is 1.66. The third-order valence-corrected chi connectivity index (χ3v) is 5.32. The fourth-order valence-electron chi connectivity index (χ4n) is 3.84. The van der Waals surface area contributed by atoms with Gasteiger partial charge in [-0.2, -0.15) is 0 Å². The van der Waals surface area contributed by atoms with Gasteiger partial charge in [0.1, 0.15) is 5.75 Å². The maximum atomic E-state index is 12.7. The molecule has 3 nitrogen and oxygen atoms in total. The van der Waals surface area contributed by atoms with Gasteiger partial charge >= 0.3 is 0 Å². The van der Waals surface area contributed by atoms with Crippen LogP contribution in [-0.4, -0.2) is 13.0 Å². The minimum Gasteiger partial charge on any atom is -0.497 e. The highest BCUT2D eigenvalue weighted by Crippen LogP contribution is 2.32. The topological polar surface area (TPSA) is 38.3 Å². The third kappa shape index (κ3) is 3.07. The van der Waals surface area contributed by atoms with Crippen molar-refractivity contribution in [3.8, 4) is 5.75 Å². The van der Waals surface area contributed by atoms with Crippen LogP contribution >= 0.6 is 0 Å². The molecule has 1 aliphatic rings. The van der Waals surface area contributed by atoms with Gasteiger partial charge in [-0.15, -0.1) is 0 Å². The summed E-state index contributed by atoms with van der Waals surface area (Å²) in [5.74, 6) is 0.699. The molecule has 0 fully saturated rings. The van der Waals surface area contributed by atoms with Crippen LogP contribution in [0.3, 0.4) is 0 Å². The average molecular weight is 377 g/mol. The van der Waals surface area contributed by atoms with Gasteiger partial charge in [-0.25, -0.2) is 0 Å². The summed E-state index contributed by atoms with van der Waals surface area (Å²) in [5, 5.41) is 7.59. The summed E-state index contributed by atoms with van der Waals surface area (Å²) in [6, 6.07) is 26.4. The molecule has 0 unspecified atom stereocenters. The zero-order chi connectivity index (χ0) is 19.8. The maximum Gasteiger partial charge on any atom is 0.255 e. The molecule has 140 valence electrons. The first kappa shape index (κ1) is 17.3. The van der Waals surface area contributed by atoms with Gasteiger partial charge in [-0.05, 0) is 75.2 Å². The van der Waals surface area contributed by atoms with E-state index in [2.05, 4.69) is 35.6 Å². The fourth-order valence-corrected chi connectivity index (χ4v) is 3.84. The summed E-state index contributed by atoms with van der Waals surface area (Å²) in [6.07, 6.45) is 3.91. The molecule has 0 aliphatic carbocycles. The van der Waals surface area contributed by atoms with Gasteiger partial charge in [0.25, 0.3) is 5.91 Å². The first-order valence-electron chi connectivity index (χ1n) is 9.52. The number of carbonyl (C=O) groups excluding carboxylic acids is 1. The van der Waals surface area contributed by atoms with Gasteiger partial charge in [0.05, 0.1) is 7.11 Å². The summed E-state index contributed by atoms with van der Waals surface area (Å²) in [4.78, 5) is 12.7. The van der Waals surface area contributed by atoms with Crippen molar-refractivity contribution in [3.63, 3.8) is 0 Å². The first-order chi connectivity index (χ1) is 14.2. The van der Waals surface area contributed by atoms with Crippen LogP contribution in [0.1, 0.15) is 11.1 Å². The molecule has 0 spiro atoms. The van der Waals surface area contributed by atoms with Gasteiger partial charge in [-0.1, -0.05) is 48.5 Å². The second-order valence-electron chi connectivity index (χ2n) is 7.07. The lowest BCUT2D eigenvalue weighted by molar-refractivity contribution is -0.115. The lowest BCUT2D eigenvalue weighted by Crippen LogP contribution is -2.15. The SMILES string of the molecule is COc1ccc(C2=C/C(=C\c3c4ccccc4cc4ccccc34)C(=O)N2)cc1. The predicted octanol–water partition coefficient (Wildman–Crippen LogP) is 5.56. The minimum atomic E-state index is -0.0900. The van der Waals surface area contributed by atoms with Crippen LogP contribution in [0, 0.1) is 0 Å². The van der Waals surface area contributed by atoms with E-state index in [1.807, 2.05) is 60.7 Å². The Morgan fingerprint density at radius 1 is 0.828 bits per heavy atom. The van der Waals surface area contributed by atoms with Crippen molar-refractivity contribution in [2.45, 2.75) is 0 Å². The van der Waals surface area contributed by atoms with Crippen molar-refractivity contribution in [1.29, 1.82) is 0 Å². The number of rotatable bonds is 3. The number of methoxy groups -OCH3 is 1. The fraction of sp³-hybridized carbons (Fsp3) is 0.0385. The highest BCUT2D eigenvalue weighted by atomic mass is 16.5. The van der Waals surface area contributed by atoms with Crippen LogP contribution in [0.5, 0.6) is 5.75 Å². The molecular weight excluding hydrogens is 358 g/mol. The molecule has 5 rings (SSSR count). The van der Waals surface area contributed by atoms with Crippen LogP contribution in [0.15, 0.2) is 90.5 Å². The van der Waals surface area contributed by atoms with Crippen molar-refractivity contribution in [3.05, 3.63) is 102 Å². The van der Waals surface area contributed by atoms with Crippen LogP contribution in [-0.2, 0) is 4.79 Å². The molecule has 4 aromatic carbocycles. The Bertz CT molecular complexity index is 1260. The summed E-state index contributed by atoms with van der Waals surface area (Å²) >= 11 is 0. The lowest BCUT2D eigenvalue weighted by Gasteiger charge is -2.08. The van der Waals surface area contributed by atoms with E-state index in [0.717, 1.165) is 44.1 Å². The molecule has 0 atom stereocenters. The molecule has 0 bridgehead atoms. The van der Waals surface area contributed by atoms with E-state index in [1.165, 1.54) is 0 Å². The van der Waals surface area contributed by atoms with E-state index in [0.29, 0.717) is 5.57 Å². The number of ether oxygens (including phenoxy) is 1. The molecule has 0 saturated heterocycles. The number of hydrogen-bond acceptors (Lipinski definition) is 2. The van der Waals surface area contributed by atoms with Crippen LogP contribution in [0.25, 0.3) is 33.3 Å². The Kier molecular flexibility index (Phi) is 4.14. The number of amides is 1. The molecule has 0 radical (unpaired) electrons. The average Bonchev–Trinajstić information content (AvgIpc) is 3.14. The first-order valence-corrected chi connectivity index (χ1v) is 9.52. The molecule has 29 heavy (non-hydrogen) atoms. The van der Waals surface area contributed by atoms with Gasteiger partial charge in [-0.3, -0.25) is 4.79 Å². The number of fused-ring (bicyclic) bond motifs is 2. The van der Waals surface area contributed by atoms with Gasteiger partial charge in [0, 0.05) is 11.3 Å². The van der Waals surface area contributed by atoms with Crippen LogP contribution in [0.4, 0.5) is 0 Å². The van der Waals surface area contributed by atoms with Crippen molar-refractivity contribution in [2.24, 2.45) is 0 Å². The van der Waals surface area contributed by atoms with Crippen molar-refractivity contribution >= 4 is 39.2 Å². The quantitative estimate of drug-likeness (QED) is 0.375. The van der Waals surface area contributed by atoms with Crippen LogP contribution in [0.2, 0.25) is 0 Å². The lowest BCUT2D eigenvalue weighted by atomic mass is 9.95. The van der Waals surface area contributed by atoms with Gasteiger partial charge < -0.3 is 10.1 Å². The summed E-state index contributed by atoms with van der Waals surface area (Å²) in [6.45, 7) is 0. The molecular formula is C26H19NO2. The van der Waals surface area contributed by atoms with Crippen molar-refractivity contribution < 1.29 is 9.53 Å². The molecule has 0 aromatic heterocycles. The largest absolute Gasteiger partial charge is 0.497 e. The highest BCUT2D eigenvalue weighted by molar-refractivity contribution is 6.14. The monoisotopic (exact) mass is 377 g/mol. The zero-order valence-corrected chi connectivity index (χ0v) is 16.0. The normalized spacial score (nSPS) is 15.0. The maximum absolute atomic E-state index is 12.7. The molecule has 3 heteroatoms. The van der Waals surface area contributed by atoms with E-state index in [9.17, 15) is 4.79 Å². The van der Waals surface area contributed by atoms with Gasteiger partial charge in [0.2, 0.25) is 0 Å². The smallest absolute Gasteiger partial charge is 0.255 e. The zero-order valence-electron chi connectivity index (χ0n) is 16.0. The molecule has 1 amide bonds. The highest BCUT2D eigenvalue weighted by Gasteiger charge is 2.20.